The molecule has 130 valence electrons. The van der Waals surface area contributed by atoms with Gasteiger partial charge < -0.3 is 10.6 Å². The van der Waals surface area contributed by atoms with E-state index < -0.39 is 0 Å². The average molecular weight is 337 g/mol. The summed E-state index contributed by atoms with van der Waals surface area (Å²) in [7, 11) is 0. The predicted molar refractivity (Wildman–Crippen MR) is 96.2 cm³/mol. The highest BCUT2D eigenvalue weighted by atomic mass is 16.2. The van der Waals surface area contributed by atoms with Gasteiger partial charge in [0.2, 0.25) is 0 Å². The number of amides is 2. The fourth-order valence-electron chi connectivity index (χ4n) is 3.10. The molecule has 2 amide bonds. The Morgan fingerprint density at radius 2 is 1.76 bits per heavy atom. The van der Waals surface area contributed by atoms with Gasteiger partial charge in [0.25, 0.3) is 11.8 Å². The Hall–Kier alpha value is -2.69. The summed E-state index contributed by atoms with van der Waals surface area (Å²) in [6.45, 7) is 0.408. The lowest BCUT2D eigenvalue weighted by Crippen LogP contribution is -2.36. The molecule has 1 heterocycles. The highest BCUT2D eigenvalue weighted by molar-refractivity contribution is 5.99. The number of nitrogens with one attached hydrogen (secondary N) is 2. The summed E-state index contributed by atoms with van der Waals surface area (Å²) in [6.07, 6.45) is 9.07. The molecule has 1 aliphatic rings. The number of hydrogen-bond donors (Lipinski definition) is 2. The first kappa shape index (κ1) is 17.1. The van der Waals surface area contributed by atoms with Crippen molar-refractivity contribution in [3.05, 3.63) is 65.5 Å². The molecule has 1 fully saturated rings. The Balaban J connectivity index is 1.60. The number of carbonyl (C=O) groups excluding carboxylic acids is 2. The van der Waals surface area contributed by atoms with Crippen LogP contribution >= 0.6 is 0 Å². The van der Waals surface area contributed by atoms with Gasteiger partial charge in [-0.3, -0.25) is 14.6 Å². The molecule has 0 saturated heterocycles. The Morgan fingerprint density at radius 1 is 1.00 bits per heavy atom. The normalized spacial score (nSPS) is 14.7. The first-order chi connectivity index (χ1) is 12.2. The standard InChI is InChI=1S/C20H23N3O2/c24-19(22-14-15-6-5-11-21-13-15)16-7-4-8-17(12-16)20(25)23-18-9-2-1-3-10-18/h4-8,11-13,18H,1-3,9-10,14H2,(H,22,24)(H,23,25). The summed E-state index contributed by atoms with van der Waals surface area (Å²) in [4.78, 5) is 28.8. The van der Waals surface area contributed by atoms with Crippen molar-refractivity contribution in [2.24, 2.45) is 0 Å². The van der Waals surface area contributed by atoms with Crippen molar-refractivity contribution in [1.82, 2.24) is 15.6 Å². The van der Waals surface area contributed by atoms with Gasteiger partial charge >= 0.3 is 0 Å². The molecule has 5 nitrogen and oxygen atoms in total. The van der Waals surface area contributed by atoms with Crippen molar-refractivity contribution in [3.63, 3.8) is 0 Å². The second-order valence-electron chi connectivity index (χ2n) is 6.43. The van der Waals surface area contributed by atoms with E-state index in [1.165, 1.54) is 19.3 Å². The van der Waals surface area contributed by atoms with E-state index in [-0.39, 0.29) is 17.9 Å². The average Bonchev–Trinajstić information content (AvgIpc) is 2.68. The second-order valence-corrected chi connectivity index (χ2v) is 6.43. The van der Waals surface area contributed by atoms with Crippen LogP contribution in [0, 0.1) is 0 Å². The summed E-state index contributed by atoms with van der Waals surface area (Å²) in [5.74, 6) is -0.301. The van der Waals surface area contributed by atoms with Gasteiger partial charge in [-0.2, -0.15) is 0 Å². The third-order valence-electron chi connectivity index (χ3n) is 4.50. The zero-order chi connectivity index (χ0) is 17.5. The lowest BCUT2D eigenvalue weighted by Gasteiger charge is -2.22. The molecule has 1 aromatic carbocycles. The quantitative estimate of drug-likeness (QED) is 0.881. The van der Waals surface area contributed by atoms with Gasteiger partial charge in [0.15, 0.2) is 0 Å². The second kappa shape index (κ2) is 8.42. The molecular formula is C20H23N3O2. The summed E-state index contributed by atoms with van der Waals surface area (Å²) < 4.78 is 0. The third kappa shape index (κ3) is 4.89. The number of benzene rings is 1. The maximum absolute atomic E-state index is 12.4. The van der Waals surface area contributed by atoms with Crippen molar-refractivity contribution in [3.8, 4) is 0 Å². The SMILES string of the molecule is O=C(NCc1cccnc1)c1cccc(C(=O)NC2CCCCC2)c1. The molecule has 0 aliphatic heterocycles. The summed E-state index contributed by atoms with van der Waals surface area (Å²) in [6, 6.07) is 10.8. The largest absolute Gasteiger partial charge is 0.349 e. The van der Waals surface area contributed by atoms with Crippen LogP contribution in [-0.2, 0) is 6.54 Å². The molecule has 1 aromatic heterocycles. The number of nitrogens with zero attached hydrogens (tertiary/aromatic N) is 1. The maximum atomic E-state index is 12.4. The third-order valence-corrected chi connectivity index (χ3v) is 4.50. The minimum absolute atomic E-state index is 0.103. The highest BCUT2D eigenvalue weighted by Gasteiger charge is 2.17. The van der Waals surface area contributed by atoms with Crippen LogP contribution in [0.4, 0.5) is 0 Å². The van der Waals surface area contributed by atoms with Gasteiger partial charge in [-0.1, -0.05) is 31.4 Å². The fourth-order valence-corrected chi connectivity index (χ4v) is 3.10. The Kier molecular flexibility index (Phi) is 5.77. The Morgan fingerprint density at radius 3 is 2.48 bits per heavy atom. The minimum Gasteiger partial charge on any atom is -0.349 e. The Bertz CT molecular complexity index is 725. The van der Waals surface area contributed by atoms with E-state index in [9.17, 15) is 9.59 Å². The van der Waals surface area contributed by atoms with Crippen molar-refractivity contribution >= 4 is 11.8 Å². The van der Waals surface area contributed by atoms with Crippen molar-refractivity contribution < 1.29 is 9.59 Å². The van der Waals surface area contributed by atoms with Crippen LogP contribution in [0.25, 0.3) is 0 Å². The number of pyridine rings is 1. The molecule has 5 heteroatoms. The molecule has 0 spiro atoms. The van der Waals surface area contributed by atoms with Gasteiger partial charge in [-0.15, -0.1) is 0 Å². The molecule has 1 saturated carbocycles. The minimum atomic E-state index is -0.198. The lowest BCUT2D eigenvalue weighted by atomic mass is 9.95. The fraction of sp³-hybridized carbons (Fsp3) is 0.350. The van der Waals surface area contributed by atoms with E-state index >= 15 is 0 Å². The van der Waals surface area contributed by atoms with Crippen LogP contribution in [0.1, 0.15) is 58.4 Å². The molecule has 0 unspecified atom stereocenters. The molecule has 2 aromatic rings. The zero-order valence-corrected chi connectivity index (χ0v) is 14.2. The molecule has 25 heavy (non-hydrogen) atoms. The van der Waals surface area contributed by atoms with E-state index in [0.29, 0.717) is 17.7 Å². The number of aromatic nitrogens is 1. The van der Waals surface area contributed by atoms with Gasteiger partial charge in [0.05, 0.1) is 0 Å². The monoisotopic (exact) mass is 337 g/mol. The molecule has 0 atom stereocenters. The molecule has 2 N–H and O–H groups in total. The van der Waals surface area contributed by atoms with E-state index in [0.717, 1.165) is 18.4 Å². The summed E-state index contributed by atoms with van der Waals surface area (Å²) in [5.41, 5.74) is 1.95. The number of hydrogen-bond acceptors (Lipinski definition) is 3. The maximum Gasteiger partial charge on any atom is 0.251 e. The molecule has 1 aliphatic carbocycles. The van der Waals surface area contributed by atoms with Crippen LogP contribution < -0.4 is 10.6 Å². The first-order valence-corrected chi connectivity index (χ1v) is 8.80. The topological polar surface area (TPSA) is 71.1 Å². The van der Waals surface area contributed by atoms with Crippen LogP contribution in [0.3, 0.4) is 0 Å². The van der Waals surface area contributed by atoms with E-state index in [1.807, 2.05) is 12.1 Å². The van der Waals surface area contributed by atoms with Gasteiger partial charge in [0, 0.05) is 36.1 Å². The lowest BCUT2D eigenvalue weighted by molar-refractivity contribution is 0.0927. The van der Waals surface area contributed by atoms with Crippen molar-refractivity contribution in [1.29, 1.82) is 0 Å². The van der Waals surface area contributed by atoms with Crippen LogP contribution in [0.2, 0.25) is 0 Å². The number of carbonyl (C=O) groups is 2. The van der Waals surface area contributed by atoms with Crippen LogP contribution in [-0.4, -0.2) is 22.8 Å². The summed E-state index contributed by atoms with van der Waals surface area (Å²) in [5, 5.41) is 5.93. The molecule has 0 bridgehead atoms. The zero-order valence-electron chi connectivity index (χ0n) is 14.2. The van der Waals surface area contributed by atoms with Crippen LogP contribution in [0.15, 0.2) is 48.8 Å². The van der Waals surface area contributed by atoms with Crippen molar-refractivity contribution in [2.75, 3.05) is 0 Å². The first-order valence-electron chi connectivity index (χ1n) is 8.80. The molecule has 0 radical (unpaired) electrons. The van der Waals surface area contributed by atoms with Gasteiger partial charge in [0.1, 0.15) is 0 Å². The molecule has 3 rings (SSSR count). The Labute approximate surface area is 147 Å². The van der Waals surface area contributed by atoms with Crippen LogP contribution in [0.5, 0.6) is 0 Å². The molecular weight excluding hydrogens is 314 g/mol. The van der Waals surface area contributed by atoms with E-state index in [4.69, 9.17) is 0 Å². The summed E-state index contributed by atoms with van der Waals surface area (Å²) >= 11 is 0. The highest BCUT2D eigenvalue weighted by Crippen LogP contribution is 2.18. The number of rotatable bonds is 5. The van der Waals surface area contributed by atoms with Crippen molar-refractivity contribution in [2.45, 2.75) is 44.7 Å². The van der Waals surface area contributed by atoms with Gasteiger partial charge in [-0.05, 0) is 42.7 Å². The predicted octanol–water partition coefficient (Wildman–Crippen LogP) is 3.07. The van der Waals surface area contributed by atoms with E-state index in [1.54, 1.807) is 36.7 Å². The van der Waals surface area contributed by atoms with Gasteiger partial charge in [-0.25, -0.2) is 0 Å². The smallest absolute Gasteiger partial charge is 0.251 e. The van der Waals surface area contributed by atoms with E-state index in [2.05, 4.69) is 15.6 Å².